The summed E-state index contributed by atoms with van der Waals surface area (Å²) in [4.78, 5) is 14.5. The molecule has 0 aromatic carbocycles. The Morgan fingerprint density at radius 3 is 2.94 bits per heavy atom. The zero-order chi connectivity index (χ0) is 11.1. The summed E-state index contributed by atoms with van der Waals surface area (Å²) in [7, 11) is 0. The molecule has 2 bridgehead atoms. The molecule has 1 amide bonds. The summed E-state index contributed by atoms with van der Waals surface area (Å²) < 4.78 is 5.38. The lowest BCUT2D eigenvalue weighted by Gasteiger charge is -2.36. The lowest BCUT2D eigenvalue weighted by molar-refractivity contribution is -0.144. The summed E-state index contributed by atoms with van der Waals surface area (Å²) in [5.74, 6) is 0.592. The highest BCUT2D eigenvalue weighted by molar-refractivity contribution is 5.80. The minimum absolute atomic E-state index is 0.235. The van der Waals surface area contributed by atoms with Gasteiger partial charge in [0.25, 0.3) is 0 Å². The number of nitrogens with one attached hydrogen (secondary N) is 1. The molecule has 0 spiro atoms. The van der Waals surface area contributed by atoms with Crippen LogP contribution in [0.2, 0.25) is 0 Å². The maximum atomic E-state index is 12.4. The standard InChI is InChI=1S/C12H20N2O2/c1-8-7-16-5-4-14(8)12(15)10-6-9-2-3-11(10)13-9/h8-11,13H,2-7H2,1H3/t8-,9?,10?,11?/m1/s1. The van der Waals surface area contributed by atoms with Gasteiger partial charge in [-0.15, -0.1) is 0 Å². The number of amides is 1. The average Bonchev–Trinajstić information content (AvgIpc) is 2.90. The van der Waals surface area contributed by atoms with Gasteiger partial charge in [0.1, 0.15) is 0 Å². The predicted molar refractivity (Wildman–Crippen MR) is 60.0 cm³/mol. The number of carbonyl (C=O) groups is 1. The molecule has 0 saturated carbocycles. The summed E-state index contributed by atoms with van der Waals surface area (Å²) in [5.41, 5.74) is 0. The van der Waals surface area contributed by atoms with Crippen LogP contribution >= 0.6 is 0 Å². The largest absolute Gasteiger partial charge is 0.377 e. The van der Waals surface area contributed by atoms with Crippen molar-refractivity contribution in [2.45, 2.75) is 44.3 Å². The van der Waals surface area contributed by atoms with Crippen LogP contribution in [-0.2, 0) is 9.53 Å². The number of rotatable bonds is 1. The van der Waals surface area contributed by atoms with E-state index in [4.69, 9.17) is 4.74 Å². The Morgan fingerprint density at radius 1 is 1.44 bits per heavy atom. The van der Waals surface area contributed by atoms with E-state index in [0.29, 0.717) is 31.2 Å². The Hall–Kier alpha value is -0.610. The van der Waals surface area contributed by atoms with Crippen LogP contribution in [0.5, 0.6) is 0 Å². The van der Waals surface area contributed by atoms with Gasteiger partial charge in [-0.3, -0.25) is 4.79 Å². The number of morpholine rings is 1. The van der Waals surface area contributed by atoms with E-state index >= 15 is 0 Å². The molecule has 3 aliphatic rings. The van der Waals surface area contributed by atoms with Crippen LogP contribution in [0.4, 0.5) is 0 Å². The summed E-state index contributed by atoms with van der Waals surface area (Å²) in [5, 5.41) is 3.53. The van der Waals surface area contributed by atoms with E-state index in [1.807, 2.05) is 4.90 Å². The number of hydrogen-bond acceptors (Lipinski definition) is 3. The molecule has 0 aromatic rings. The molecule has 4 nitrogen and oxygen atoms in total. The minimum Gasteiger partial charge on any atom is -0.377 e. The van der Waals surface area contributed by atoms with E-state index in [1.165, 1.54) is 12.8 Å². The first-order chi connectivity index (χ1) is 7.75. The Bertz CT molecular complexity index is 291. The third-order valence-corrected chi connectivity index (χ3v) is 4.27. The number of hydrogen-bond donors (Lipinski definition) is 1. The Labute approximate surface area is 96.3 Å². The van der Waals surface area contributed by atoms with E-state index in [9.17, 15) is 4.79 Å². The molecule has 0 aliphatic carbocycles. The van der Waals surface area contributed by atoms with Crippen LogP contribution in [0.15, 0.2) is 0 Å². The topological polar surface area (TPSA) is 41.6 Å². The van der Waals surface area contributed by atoms with Crippen molar-refractivity contribution in [1.82, 2.24) is 10.2 Å². The second-order valence-electron chi connectivity index (χ2n) is 5.35. The van der Waals surface area contributed by atoms with Crippen molar-refractivity contribution in [2.75, 3.05) is 19.8 Å². The second kappa shape index (κ2) is 4.00. The lowest BCUT2D eigenvalue weighted by atomic mass is 9.88. The summed E-state index contributed by atoms with van der Waals surface area (Å²) in [6.07, 6.45) is 3.49. The molecule has 90 valence electrons. The molecule has 3 heterocycles. The lowest BCUT2D eigenvalue weighted by Crippen LogP contribution is -2.51. The molecule has 16 heavy (non-hydrogen) atoms. The van der Waals surface area contributed by atoms with Crippen LogP contribution < -0.4 is 5.32 Å². The van der Waals surface area contributed by atoms with Crippen LogP contribution in [0.1, 0.15) is 26.2 Å². The highest BCUT2D eigenvalue weighted by atomic mass is 16.5. The third kappa shape index (κ3) is 1.64. The van der Waals surface area contributed by atoms with Gasteiger partial charge in [0.15, 0.2) is 0 Å². The maximum absolute atomic E-state index is 12.4. The van der Waals surface area contributed by atoms with E-state index in [0.717, 1.165) is 13.0 Å². The van der Waals surface area contributed by atoms with Gasteiger partial charge in [-0.1, -0.05) is 0 Å². The Kier molecular flexibility index (Phi) is 2.64. The van der Waals surface area contributed by atoms with Crippen LogP contribution in [0.3, 0.4) is 0 Å². The van der Waals surface area contributed by atoms with Crippen molar-refractivity contribution in [1.29, 1.82) is 0 Å². The number of carbonyl (C=O) groups excluding carboxylic acids is 1. The number of fused-ring (bicyclic) bond motifs is 2. The predicted octanol–water partition coefficient (Wildman–Crippen LogP) is 0.374. The average molecular weight is 224 g/mol. The van der Waals surface area contributed by atoms with Crippen molar-refractivity contribution >= 4 is 5.91 Å². The first kappa shape index (κ1) is 10.5. The first-order valence-corrected chi connectivity index (χ1v) is 6.40. The summed E-state index contributed by atoms with van der Waals surface area (Å²) in [6.45, 7) is 4.25. The van der Waals surface area contributed by atoms with Crippen LogP contribution in [0.25, 0.3) is 0 Å². The molecule has 1 N–H and O–H groups in total. The number of ether oxygens (including phenoxy) is 1. The monoisotopic (exact) mass is 224 g/mol. The minimum atomic E-state index is 0.235. The molecule has 3 fully saturated rings. The fraction of sp³-hybridized carbons (Fsp3) is 0.917. The molecule has 0 radical (unpaired) electrons. The van der Waals surface area contributed by atoms with Crippen molar-refractivity contribution in [3.05, 3.63) is 0 Å². The van der Waals surface area contributed by atoms with Crippen molar-refractivity contribution < 1.29 is 9.53 Å². The first-order valence-electron chi connectivity index (χ1n) is 6.40. The van der Waals surface area contributed by atoms with Gasteiger partial charge < -0.3 is 15.0 Å². The van der Waals surface area contributed by atoms with Gasteiger partial charge in [0.05, 0.1) is 25.2 Å². The zero-order valence-corrected chi connectivity index (χ0v) is 9.82. The zero-order valence-electron chi connectivity index (χ0n) is 9.82. The van der Waals surface area contributed by atoms with Gasteiger partial charge in [0, 0.05) is 18.6 Å². The highest BCUT2D eigenvalue weighted by Crippen LogP contribution is 2.34. The third-order valence-electron chi connectivity index (χ3n) is 4.27. The Morgan fingerprint density at radius 2 is 2.31 bits per heavy atom. The molecule has 3 unspecified atom stereocenters. The number of nitrogens with zero attached hydrogens (tertiary/aromatic N) is 1. The molecule has 3 aliphatic heterocycles. The van der Waals surface area contributed by atoms with Gasteiger partial charge in [-0.25, -0.2) is 0 Å². The van der Waals surface area contributed by atoms with E-state index < -0.39 is 0 Å². The van der Waals surface area contributed by atoms with Crippen molar-refractivity contribution in [3.8, 4) is 0 Å². The molecule has 4 heteroatoms. The molecule has 3 saturated heterocycles. The van der Waals surface area contributed by atoms with Gasteiger partial charge in [-0.05, 0) is 26.2 Å². The smallest absolute Gasteiger partial charge is 0.227 e. The van der Waals surface area contributed by atoms with Gasteiger partial charge >= 0.3 is 0 Å². The van der Waals surface area contributed by atoms with E-state index in [-0.39, 0.29) is 12.0 Å². The summed E-state index contributed by atoms with van der Waals surface area (Å²) in [6, 6.07) is 1.31. The Balaban J connectivity index is 1.68. The fourth-order valence-electron chi connectivity index (χ4n) is 3.36. The normalized spacial score (nSPS) is 42.7. The van der Waals surface area contributed by atoms with Crippen LogP contribution in [0, 0.1) is 5.92 Å². The SMILES string of the molecule is C[C@@H]1COCCN1C(=O)C1CC2CCC1N2. The van der Waals surface area contributed by atoms with Gasteiger partial charge in [0.2, 0.25) is 5.91 Å². The maximum Gasteiger partial charge on any atom is 0.227 e. The van der Waals surface area contributed by atoms with Crippen LogP contribution in [-0.4, -0.2) is 48.7 Å². The highest BCUT2D eigenvalue weighted by Gasteiger charge is 2.44. The van der Waals surface area contributed by atoms with Crippen molar-refractivity contribution in [2.24, 2.45) is 5.92 Å². The fourth-order valence-corrected chi connectivity index (χ4v) is 3.36. The second-order valence-corrected chi connectivity index (χ2v) is 5.35. The molecular formula is C12H20N2O2. The molecular weight excluding hydrogens is 204 g/mol. The molecule has 3 rings (SSSR count). The van der Waals surface area contributed by atoms with E-state index in [1.54, 1.807) is 0 Å². The summed E-state index contributed by atoms with van der Waals surface area (Å²) >= 11 is 0. The van der Waals surface area contributed by atoms with Crippen molar-refractivity contribution in [3.63, 3.8) is 0 Å². The molecule has 0 aromatic heterocycles. The quantitative estimate of drug-likeness (QED) is 0.700. The van der Waals surface area contributed by atoms with Gasteiger partial charge in [-0.2, -0.15) is 0 Å². The van der Waals surface area contributed by atoms with E-state index in [2.05, 4.69) is 12.2 Å². The molecule has 4 atom stereocenters.